The lowest BCUT2D eigenvalue weighted by atomic mass is 10.2. The highest BCUT2D eigenvalue weighted by Crippen LogP contribution is 2.28. The zero-order chi connectivity index (χ0) is 17.3. The quantitative estimate of drug-likeness (QED) is 0.696. The van der Waals surface area contributed by atoms with Crippen LogP contribution in [0.3, 0.4) is 0 Å². The van der Waals surface area contributed by atoms with Crippen LogP contribution in [-0.4, -0.2) is 22.9 Å². The van der Waals surface area contributed by atoms with Crippen molar-refractivity contribution in [2.24, 2.45) is 0 Å². The Morgan fingerprint density at radius 3 is 2.25 bits per heavy atom. The van der Waals surface area contributed by atoms with Crippen molar-refractivity contribution in [1.29, 1.82) is 0 Å². The molecular formula is C15H9F5N2O2. The van der Waals surface area contributed by atoms with E-state index in [1.54, 1.807) is 0 Å². The van der Waals surface area contributed by atoms with Crippen molar-refractivity contribution in [2.75, 3.05) is 0 Å². The van der Waals surface area contributed by atoms with Gasteiger partial charge in [0, 0.05) is 11.6 Å². The van der Waals surface area contributed by atoms with Gasteiger partial charge in [-0.2, -0.15) is 8.78 Å². The molecule has 0 bridgehead atoms. The minimum Gasteiger partial charge on any atom is -0.435 e. The van der Waals surface area contributed by atoms with Crippen LogP contribution in [0.2, 0.25) is 0 Å². The van der Waals surface area contributed by atoms with Gasteiger partial charge in [0.25, 0.3) is 0 Å². The van der Waals surface area contributed by atoms with Crippen molar-refractivity contribution in [1.82, 2.24) is 9.97 Å². The number of halogens is 5. The second kappa shape index (κ2) is 5.99. The number of imidazole rings is 1. The molecule has 0 spiro atoms. The lowest BCUT2D eigenvalue weighted by molar-refractivity contribution is -0.274. The molecule has 0 amide bonds. The van der Waals surface area contributed by atoms with Gasteiger partial charge in [-0.3, -0.25) is 0 Å². The maximum Gasteiger partial charge on any atom is 0.573 e. The molecule has 1 aromatic heterocycles. The average Bonchev–Trinajstić information content (AvgIpc) is 2.88. The Hall–Kier alpha value is -2.84. The molecule has 1 heterocycles. The number of benzene rings is 2. The summed E-state index contributed by atoms with van der Waals surface area (Å²) < 4.78 is 69.0. The average molecular weight is 344 g/mol. The lowest BCUT2D eigenvalue weighted by Crippen LogP contribution is -2.16. The van der Waals surface area contributed by atoms with E-state index in [-0.39, 0.29) is 17.0 Å². The van der Waals surface area contributed by atoms with Gasteiger partial charge in [-0.1, -0.05) is 0 Å². The first-order chi connectivity index (χ1) is 11.3. The second-order valence-corrected chi connectivity index (χ2v) is 4.72. The van der Waals surface area contributed by atoms with Crippen LogP contribution in [-0.2, 0) is 0 Å². The molecule has 0 aliphatic carbocycles. The van der Waals surface area contributed by atoms with E-state index >= 15 is 0 Å². The maximum absolute atomic E-state index is 12.2. The predicted molar refractivity (Wildman–Crippen MR) is 74.8 cm³/mol. The third-order valence-electron chi connectivity index (χ3n) is 3.04. The number of rotatable bonds is 4. The Morgan fingerprint density at radius 1 is 0.958 bits per heavy atom. The molecule has 0 fully saturated rings. The molecule has 4 nitrogen and oxygen atoms in total. The zero-order valence-electron chi connectivity index (χ0n) is 11.8. The Labute approximate surface area is 131 Å². The monoisotopic (exact) mass is 344 g/mol. The zero-order valence-corrected chi connectivity index (χ0v) is 11.8. The maximum atomic E-state index is 12.2. The third-order valence-corrected chi connectivity index (χ3v) is 3.04. The number of nitrogens with zero attached hydrogens (tertiary/aromatic N) is 1. The SMILES string of the molecule is FC(F)Oc1ccc(-c2nc3cc(OC(F)(F)F)ccc3[nH]2)cc1. The highest BCUT2D eigenvalue weighted by molar-refractivity contribution is 5.80. The van der Waals surface area contributed by atoms with E-state index < -0.39 is 13.0 Å². The minimum absolute atomic E-state index is 0.00859. The standard InChI is InChI=1S/C15H9F5N2O2/c16-14(17)23-9-3-1-8(2-4-9)13-21-11-6-5-10(7-12(11)22-13)24-15(18,19)20/h1-7,14H,(H,21,22). The molecule has 0 saturated heterocycles. The fraction of sp³-hybridized carbons (Fsp3) is 0.133. The van der Waals surface area contributed by atoms with Crippen LogP contribution < -0.4 is 9.47 Å². The number of hydrogen-bond donors (Lipinski definition) is 1. The molecular weight excluding hydrogens is 335 g/mol. The van der Waals surface area contributed by atoms with Gasteiger partial charge in [0.2, 0.25) is 0 Å². The van der Waals surface area contributed by atoms with Crippen molar-refractivity contribution in [3.63, 3.8) is 0 Å². The van der Waals surface area contributed by atoms with Crippen molar-refractivity contribution in [2.45, 2.75) is 13.0 Å². The topological polar surface area (TPSA) is 47.1 Å². The van der Waals surface area contributed by atoms with Gasteiger partial charge in [-0.15, -0.1) is 13.2 Å². The minimum atomic E-state index is -4.78. The summed E-state index contributed by atoms with van der Waals surface area (Å²) in [6.45, 7) is -2.92. The van der Waals surface area contributed by atoms with E-state index in [0.29, 0.717) is 16.9 Å². The summed E-state index contributed by atoms with van der Waals surface area (Å²) in [5.41, 5.74) is 1.35. The molecule has 126 valence electrons. The van der Waals surface area contributed by atoms with Gasteiger partial charge in [-0.05, 0) is 36.4 Å². The van der Waals surface area contributed by atoms with Gasteiger partial charge in [0.15, 0.2) is 0 Å². The van der Waals surface area contributed by atoms with Crippen LogP contribution in [0.25, 0.3) is 22.4 Å². The molecule has 24 heavy (non-hydrogen) atoms. The molecule has 0 saturated carbocycles. The van der Waals surface area contributed by atoms with E-state index in [2.05, 4.69) is 19.4 Å². The van der Waals surface area contributed by atoms with E-state index in [4.69, 9.17) is 0 Å². The molecule has 3 rings (SSSR count). The first-order valence-electron chi connectivity index (χ1n) is 6.61. The summed E-state index contributed by atoms with van der Waals surface area (Å²) >= 11 is 0. The number of H-pyrrole nitrogens is 1. The summed E-state index contributed by atoms with van der Waals surface area (Å²) in [5.74, 6) is -0.0165. The van der Waals surface area contributed by atoms with Gasteiger partial charge in [0.1, 0.15) is 17.3 Å². The van der Waals surface area contributed by atoms with Gasteiger partial charge in [0.05, 0.1) is 11.0 Å². The molecule has 0 radical (unpaired) electrons. The Kier molecular flexibility index (Phi) is 4.00. The van der Waals surface area contributed by atoms with Crippen LogP contribution in [0.15, 0.2) is 42.5 Å². The summed E-state index contributed by atoms with van der Waals surface area (Å²) in [4.78, 5) is 7.10. The van der Waals surface area contributed by atoms with Crippen LogP contribution in [0.5, 0.6) is 11.5 Å². The highest BCUT2D eigenvalue weighted by Gasteiger charge is 2.31. The van der Waals surface area contributed by atoms with E-state index in [9.17, 15) is 22.0 Å². The molecule has 3 aromatic rings. The number of aromatic amines is 1. The predicted octanol–water partition coefficient (Wildman–Crippen LogP) is 4.73. The fourth-order valence-electron chi connectivity index (χ4n) is 2.11. The Bertz CT molecular complexity index is 843. The number of nitrogens with one attached hydrogen (secondary N) is 1. The van der Waals surface area contributed by atoms with E-state index in [1.165, 1.54) is 30.3 Å². The van der Waals surface area contributed by atoms with Crippen molar-refractivity contribution in [3.8, 4) is 22.9 Å². The summed E-state index contributed by atoms with van der Waals surface area (Å²) in [7, 11) is 0. The molecule has 0 unspecified atom stereocenters. The third kappa shape index (κ3) is 3.73. The Balaban J connectivity index is 1.87. The van der Waals surface area contributed by atoms with Crippen LogP contribution >= 0.6 is 0 Å². The first-order valence-corrected chi connectivity index (χ1v) is 6.61. The van der Waals surface area contributed by atoms with Crippen molar-refractivity contribution < 1.29 is 31.4 Å². The largest absolute Gasteiger partial charge is 0.573 e. The number of alkyl halides is 5. The smallest absolute Gasteiger partial charge is 0.435 e. The van der Waals surface area contributed by atoms with Crippen molar-refractivity contribution in [3.05, 3.63) is 42.5 Å². The second-order valence-electron chi connectivity index (χ2n) is 4.72. The summed E-state index contributed by atoms with van der Waals surface area (Å²) in [6.07, 6.45) is -4.78. The lowest BCUT2D eigenvalue weighted by Gasteiger charge is -2.07. The number of aromatic nitrogens is 2. The van der Waals surface area contributed by atoms with E-state index in [0.717, 1.165) is 12.1 Å². The molecule has 0 atom stereocenters. The highest BCUT2D eigenvalue weighted by atomic mass is 19.4. The van der Waals surface area contributed by atoms with Crippen LogP contribution in [0.4, 0.5) is 22.0 Å². The number of ether oxygens (including phenoxy) is 2. The Morgan fingerprint density at radius 2 is 1.62 bits per heavy atom. The van der Waals surface area contributed by atoms with Crippen molar-refractivity contribution >= 4 is 11.0 Å². The normalized spacial score (nSPS) is 11.9. The molecule has 2 aromatic carbocycles. The summed E-state index contributed by atoms with van der Waals surface area (Å²) in [6, 6.07) is 9.40. The molecule has 9 heteroatoms. The summed E-state index contributed by atoms with van der Waals surface area (Å²) in [5, 5.41) is 0. The van der Waals surface area contributed by atoms with Crippen LogP contribution in [0.1, 0.15) is 0 Å². The number of hydrogen-bond acceptors (Lipinski definition) is 3. The van der Waals surface area contributed by atoms with Gasteiger partial charge in [-0.25, -0.2) is 4.98 Å². The molecule has 0 aliphatic rings. The molecule has 1 N–H and O–H groups in total. The van der Waals surface area contributed by atoms with Gasteiger partial charge >= 0.3 is 13.0 Å². The van der Waals surface area contributed by atoms with Crippen LogP contribution in [0, 0.1) is 0 Å². The first kappa shape index (κ1) is 16.0. The number of fused-ring (bicyclic) bond motifs is 1. The fourth-order valence-corrected chi connectivity index (χ4v) is 2.11. The van der Waals surface area contributed by atoms with E-state index in [1.807, 2.05) is 0 Å². The molecule has 0 aliphatic heterocycles. The van der Waals surface area contributed by atoms with Gasteiger partial charge < -0.3 is 14.5 Å².